The van der Waals surface area contributed by atoms with Crippen molar-refractivity contribution in [3.63, 3.8) is 0 Å². The van der Waals surface area contributed by atoms with Gasteiger partial charge in [-0.15, -0.1) is 0 Å². The highest BCUT2D eigenvalue weighted by Crippen LogP contribution is 2.20. The third-order valence-corrected chi connectivity index (χ3v) is 5.27. The van der Waals surface area contributed by atoms with Crippen molar-refractivity contribution in [1.29, 1.82) is 0 Å². The Balaban J connectivity index is 1.54. The van der Waals surface area contributed by atoms with Crippen LogP contribution in [0, 0.1) is 0 Å². The number of rotatable bonds is 4. The first-order chi connectivity index (χ1) is 12.6. The van der Waals surface area contributed by atoms with Gasteiger partial charge in [0.05, 0.1) is 12.7 Å². The standard InChI is InChI=1S/C20H21BrN2O3/c1-26-16-8-6-14(7-9-16)19(24)22-15-10-12-23(13-11-15)20(25)17-4-2-3-5-18(17)21/h2-9,15H,10-13H2,1H3,(H,22,24). The van der Waals surface area contributed by atoms with Gasteiger partial charge in [-0.25, -0.2) is 0 Å². The minimum Gasteiger partial charge on any atom is -0.497 e. The van der Waals surface area contributed by atoms with Gasteiger partial charge in [0.1, 0.15) is 5.75 Å². The van der Waals surface area contributed by atoms with E-state index in [-0.39, 0.29) is 17.9 Å². The van der Waals surface area contributed by atoms with Crippen LogP contribution in [0.1, 0.15) is 33.6 Å². The normalized spacial score (nSPS) is 14.8. The van der Waals surface area contributed by atoms with Gasteiger partial charge < -0.3 is 15.0 Å². The van der Waals surface area contributed by atoms with Gasteiger partial charge in [0.2, 0.25) is 0 Å². The van der Waals surface area contributed by atoms with E-state index in [9.17, 15) is 9.59 Å². The van der Waals surface area contributed by atoms with E-state index in [0.29, 0.717) is 24.2 Å². The van der Waals surface area contributed by atoms with E-state index in [1.807, 2.05) is 29.2 Å². The van der Waals surface area contributed by atoms with Gasteiger partial charge >= 0.3 is 0 Å². The van der Waals surface area contributed by atoms with Crippen molar-refractivity contribution in [3.8, 4) is 5.75 Å². The molecule has 1 heterocycles. The van der Waals surface area contributed by atoms with Crippen molar-refractivity contribution in [2.45, 2.75) is 18.9 Å². The minimum atomic E-state index is -0.0942. The number of nitrogens with one attached hydrogen (secondary N) is 1. The second-order valence-electron chi connectivity index (χ2n) is 6.25. The van der Waals surface area contributed by atoms with Crippen molar-refractivity contribution in [2.75, 3.05) is 20.2 Å². The van der Waals surface area contributed by atoms with E-state index in [0.717, 1.165) is 23.1 Å². The van der Waals surface area contributed by atoms with Crippen LogP contribution in [0.5, 0.6) is 5.75 Å². The summed E-state index contributed by atoms with van der Waals surface area (Å²) in [6, 6.07) is 14.6. The van der Waals surface area contributed by atoms with Crippen LogP contribution >= 0.6 is 15.9 Å². The molecule has 0 aliphatic carbocycles. The monoisotopic (exact) mass is 416 g/mol. The van der Waals surface area contributed by atoms with Gasteiger partial charge in [-0.2, -0.15) is 0 Å². The maximum atomic E-state index is 12.6. The highest BCUT2D eigenvalue weighted by molar-refractivity contribution is 9.10. The summed E-state index contributed by atoms with van der Waals surface area (Å²) in [5.74, 6) is 0.654. The molecule has 0 spiro atoms. The predicted molar refractivity (Wildman–Crippen MR) is 104 cm³/mol. The Morgan fingerprint density at radius 1 is 1.08 bits per heavy atom. The number of piperidine rings is 1. The summed E-state index contributed by atoms with van der Waals surface area (Å²) in [7, 11) is 1.60. The number of hydrogen-bond donors (Lipinski definition) is 1. The molecule has 0 aromatic heterocycles. The molecule has 1 aliphatic heterocycles. The first-order valence-corrected chi connectivity index (χ1v) is 9.36. The summed E-state index contributed by atoms with van der Waals surface area (Å²) < 4.78 is 5.91. The lowest BCUT2D eigenvalue weighted by Crippen LogP contribution is -2.46. The SMILES string of the molecule is COc1ccc(C(=O)NC2CCN(C(=O)c3ccccc3Br)CC2)cc1. The highest BCUT2D eigenvalue weighted by Gasteiger charge is 2.25. The smallest absolute Gasteiger partial charge is 0.254 e. The second-order valence-corrected chi connectivity index (χ2v) is 7.10. The summed E-state index contributed by atoms with van der Waals surface area (Å²) in [5, 5.41) is 3.06. The van der Waals surface area contributed by atoms with E-state index in [1.165, 1.54) is 0 Å². The zero-order valence-electron chi connectivity index (χ0n) is 14.6. The predicted octanol–water partition coefficient (Wildman–Crippen LogP) is 3.49. The molecule has 0 bridgehead atoms. The van der Waals surface area contributed by atoms with Crippen LogP contribution in [-0.4, -0.2) is 43.0 Å². The molecule has 1 N–H and O–H groups in total. The molecule has 0 saturated carbocycles. The Morgan fingerprint density at radius 3 is 2.35 bits per heavy atom. The maximum Gasteiger partial charge on any atom is 0.254 e. The first kappa shape index (κ1) is 18.5. The molecule has 2 aromatic rings. The van der Waals surface area contributed by atoms with Crippen molar-refractivity contribution < 1.29 is 14.3 Å². The number of hydrogen-bond acceptors (Lipinski definition) is 3. The van der Waals surface area contributed by atoms with Gasteiger partial charge in [-0.05, 0) is 65.2 Å². The lowest BCUT2D eigenvalue weighted by atomic mass is 10.0. The Morgan fingerprint density at radius 2 is 1.73 bits per heavy atom. The molecule has 5 nitrogen and oxygen atoms in total. The molecule has 1 fully saturated rings. The van der Waals surface area contributed by atoms with E-state index < -0.39 is 0 Å². The Hall–Kier alpha value is -2.34. The number of halogens is 1. The van der Waals surface area contributed by atoms with Crippen LogP contribution in [0.2, 0.25) is 0 Å². The van der Waals surface area contributed by atoms with Crippen molar-refractivity contribution in [2.24, 2.45) is 0 Å². The fourth-order valence-corrected chi connectivity index (χ4v) is 3.50. The quantitative estimate of drug-likeness (QED) is 0.829. The summed E-state index contributed by atoms with van der Waals surface area (Å²) in [4.78, 5) is 26.8. The summed E-state index contributed by atoms with van der Waals surface area (Å²) in [6.07, 6.45) is 1.50. The molecule has 1 saturated heterocycles. The van der Waals surface area contributed by atoms with Crippen LogP contribution in [0.25, 0.3) is 0 Å². The molecule has 0 atom stereocenters. The molecule has 136 valence electrons. The lowest BCUT2D eigenvalue weighted by Gasteiger charge is -2.32. The number of amides is 2. The van der Waals surface area contributed by atoms with E-state index >= 15 is 0 Å². The topological polar surface area (TPSA) is 58.6 Å². The second kappa shape index (κ2) is 8.36. The van der Waals surface area contributed by atoms with Gasteiger partial charge in [-0.3, -0.25) is 9.59 Å². The Labute approximate surface area is 161 Å². The molecule has 1 aliphatic rings. The summed E-state index contributed by atoms with van der Waals surface area (Å²) in [6.45, 7) is 1.27. The number of nitrogens with zero attached hydrogens (tertiary/aromatic N) is 1. The fourth-order valence-electron chi connectivity index (χ4n) is 3.04. The van der Waals surface area contributed by atoms with Gasteiger partial charge in [0.25, 0.3) is 11.8 Å². The summed E-state index contributed by atoms with van der Waals surface area (Å²) in [5.41, 5.74) is 1.28. The third-order valence-electron chi connectivity index (χ3n) is 4.57. The minimum absolute atomic E-state index is 0.0254. The molecule has 6 heteroatoms. The maximum absolute atomic E-state index is 12.6. The van der Waals surface area contributed by atoms with Crippen molar-refractivity contribution in [3.05, 3.63) is 64.1 Å². The number of methoxy groups -OCH3 is 1. The van der Waals surface area contributed by atoms with E-state index in [4.69, 9.17) is 4.74 Å². The molecule has 2 aromatic carbocycles. The first-order valence-electron chi connectivity index (χ1n) is 8.57. The largest absolute Gasteiger partial charge is 0.497 e. The van der Waals surface area contributed by atoms with Crippen molar-refractivity contribution in [1.82, 2.24) is 10.2 Å². The zero-order chi connectivity index (χ0) is 18.5. The molecule has 0 radical (unpaired) electrons. The molecule has 0 unspecified atom stereocenters. The highest BCUT2D eigenvalue weighted by atomic mass is 79.9. The average Bonchev–Trinajstić information content (AvgIpc) is 2.68. The molecule has 26 heavy (non-hydrogen) atoms. The molecular weight excluding hydrogens is 396 g/mol. The van der Waals surface area contributed by atoms with Crippen LogP contribution in [0.15, 0.2) is 53.0 Å². The summed E-state index contributed by atoms with van der Waals surface area (Å²) >= 11 is 3.43. The van der Waals surface area contributed by atoms with E-state index in [2.05, 4.69) is 21.2 Å². The Bertz CT molecular complexity index is 784. The number of ether oxygens (including phenoxy) is 1. The van der Waals surface area contributed by atoms with Crippen LogP contribution in [0.4, 0.5) is 0 Å². The number of benzene rings is 2. The third kappa shape index (κ3) is 4.25. The fraction of sp³-hybridized carbons (Fsp3) is 0.300. The van der Waals surface area contributed by atoms with Crippen LogP contribution in [0.3, 0.4) is 0 Å². The zero-order valence-corrected chi connectivity index (χ0v) is 16.2. The molecule has 2 amide bonds. The van der Waals surface area contributed by atoms with Crippen LogP contribution in [-0.2, 0) is 0 Å². The van der Waals surface area contributed by atoms with E-state index in [1.54, 1.807) is 31.4 Å². The number of carbonyl (C=O) groups excluding carboxylic acids is 2. The average molecular weight is 417 g/mol. The lowest BCUT2D eigenvalue weighted by molar-refractivity contribution is 0.0697. The molecular formula is C20H21BrN2O3. The number of likely N-dealkylation sites (tertiary alicyclic amines) is 1. The number of carbonyl (C=O) groups is 2. The van der Waals surface area contributed by atoms with Crippen molar-refractivity contribution >= 4 is 27.7 Å². The van der Waals surface area contributed by atoms with Gasteiger partial charge in [-0.1, -0.05) is 12.1 Å². The van der Waals surface area contributed by atoms with Crippen LogP contribution < -0.4 is 10.1 Å². The Kier molecular flexibility index (Phi) is 5.93. The van der Waals surface area contributed by atoms with Gasteiger partial charge in [0.15, 0.2) is 0 Å². The van der Waals surface area contributed by atoms with Gasteiger partial charge in [0, 0.05) is 29.2 Å². The molecule has 3 rings (SSSR count).